The van der Waals surface area contributed by atoms with Crippen molar-refractivity contribution >= 4 is 0 Å². The van der Waals surface area contributed by atoms with Crippen molar-refractivity contribution in [2.75, 3.05) is 0 Å². The van der Waals surface area contributed by atoms with Gasteiger partial charge in [-0.2, -0.15) is 0 Å². The number of rotatable bonds is 2. The molecule has 92 valence electrons. The zero-order valence-electron chi connectivity index (χ0n) is 10.4. The van der Waals surface area contributed by atoms with Crippen LogP contribution in [-0.2, 0) is 0 Å². The van der Waals surface area contributed by atoms with E-state index in [4.69, 9.17) is 0 Å². The Hall–Kier alpha value is -1.60. The first kappa shape index (κ1) is 11.5. The average Bonchev–Trinajstić information content (AvgIpc) is 2.86. The fourth-order valence-electron chi connectivity index (χ4n) is 2.88. The van der Waals surface area contributed by atoms with Crippen LogP contribution in [0.25, 0.3) is 11.1 Å². The van der Waals surface area contributed by atoms with Crippen LogP contribution in [0.1, 0.15) is 30.7 Å². The van der Waals surface area contributed by atoms with Crippen LogP contribution in [0.5, 0.6) is 0 Å². The fourth-order valence-corrected chi connectivity index (χ4v) is 2.88. The number of hydrogen-bond donors (Lipinski definition) is 1. The molecule has 18 heavy (non-hydrogen) atoms. The molecular weight excluding hydrogens is 220 g/mol. The second kappa shape index (κ2) is 4.95. The van der Waals surface area contributed by atoms with Crippen LogP contribution >= 0.6 is 0 Å². The van der Waals surface area contributed by atoms with Gasteiger partial charge in [0.1, 0.15) is 0 Å². The van der Waals surface area contributed by atoms with Crippen LogP contribution in [-0.4, -0.2) is 11.2 Å². The Morgan fingerprint density at radius 3 is 2.06 bits per heavy atom. The quantitative estimate of drug-likeness (QED) is 0.839. The lowest BCUT2D eigenvalue weighted by Gasteiger charge is -2.15. The van der Waals surface area contributed by atoms with Crippen molar-refractivity contribution in [2.24, 2.45) is 0 Å². The molecule has 0 bridgehead atoms. The van der Waals surface area contributed by atoms with E-state index in [1.54, 1.807) is 0 Å². The van der Waals surface area contributed by atoms with Crippen LogP contribution in [0.2, 0.25) is 0 Å². The Bertz CT molecular complexity index is 501. The normalized spacial score (nSPS) is 23.2. The Kier molecular flexibility index (Phi) is 3.16. The third-order valence-corrected chi connectivity index (χ3v) is 3.93. The van der Waals surface area contributed by atoms with Crippen molar-refractivity contribution in [1.82, 2.24) is 0 Å². The van der Waals surface area contributed by atoms with E-state index in [2.05, 4.69) is 48.5 Å². The largest absolute Gasteiger partial charge is 0.392 e. The lowest BCUT2D eigenvalue weighted by atomic mass is 9.94. The van der Waals surface area contributed by atoms with Gasteiger partial charge in [-0.3, -0.25) is 0 Å². The molecule has 1 nitrogen and oxygen atoms in total. The highest BCUT2D eigenvalue weighted by atomic mass is 16.3. The van der Waals surface area contributed by atoms with E-state index >= 15 is 0 Å². The second-order valence-electron chi connectivity index (χ2n) is 5.09. The third kappa shape index (κ3) is 2.19. The molecular formula is C17H18O. The predicted octanol–water partition coefficient (Wildman–Crippen LogP) is 3.98. The fraction of sp³-hybridized carbons (Fsp3) is 0.294. The van der Waals surface area contributed by atoms with Crippen molar-refractivity contribution in [3.05, 3.63) is 60.2 Å². The van der Waals surface area contributed by atoms with E-state index in [0.29, 0.717) is 5.92 Å². The van der Waals surface area contributed by atoms with Crippen LogP contribution in [0, 0.1) is 0 Å². The van der Waals surface area contributed by atoms with Gasteiger partial charge in [-0.1, -0.05) is 61.0 Å². The first-order valence-electron chi connectivity index (χ1n) is 6.68. The van der Waals surface area contributed by atoms with Gasteiger partial charge < -0.3 is 5.11 Å². The van der Waals surface area contributed by atoms with E-state index in [1.807, 2.05) is 6.07 Å². The highest BCUT2D eigenvalue weighted by Crippen LogP contribution is 2.35. The van der Waals surface area contributed by atoms with Crippen LogP contribution < -0.4 is 0 Å². The molecule has 1 aliphatic rings. The Balaban J connectivity index is 1.85. The van der Waals surface area contributed by atoms with Crippen molar-refractivity contribution in [3.8, 4) is 11.1 Å². The maximum Gasteiger partial charge on any atom is 0.0608 e. The lowest BCUT2D eigenvalue weighted by molar-refractivity contribution is 0.164. The first-order chi connectivity index (χ1) is 8.84. The van der Waals surface area contributed by atoms with Gasteiger partial charge in [0, 0.05) is 5.92 Å². The summed E-state index contributed by atoms with van der Waals surface area (Å²) in [6.07, 6.45) is 3.07. The monoisotopic (exact) mass is 238 g/mol. The summed E-state index contributed by atoms with van der Waals surface area (Å²) in [5.41, 5.74) is 3.77. The molecule has 0 saturated heterocycles. The van der Waals surface area contributed by atoms with Gasteiger partial charge in [-0.25, -0.2) is 0 Å². The minimum absolute atomic E-state index is 0.146. The zero-order valence-corrected chi connectivity index (χ0v) is 10.4. The van der Waals surface area contributed by atoms with Gasteiger partial charge in [0.2, 0.25) is 0 Å². The zero-order chi connectivity index (χ0) is 12.4. The molecule has 0 amide bonds. The maximum absolute atomic E-state index is 9.93. The van der Waals surface area contributed by atoms with Gasteiger partial charge in [0.05, 0.1) is 6.10 Å². The molecule has 2 atom stereocenters. The molecule has 1 N–H and O–H groups in total. The summed E-state index contributed by atoms with van der Waals surface area (Å²) in [6.45, 7) is 0. The number of aliphatic hydroxyl groups is 1. The van der Waals surface area contributed by atoms with Crippen molar-refractivity contribution in [1.29, 1.82) is 0 Å². The highest BCUT2D eigenvalue weighted by molar-refractivity contribution is 5.63. The van der Waals surface area contributed by atoms with E-state index in [1.165, 1.54) is 16.7 Å². The van der Waals surface area contributed by atoms with Crippen molar-refractivity contribution in [2.45, 2.75) is 31.3 Å². The topological polar surface area (TPSA) is 20.2 Å². The molecule has 0 heterocycles. The predicted molar refractivity (Wildman–Crippen MR) is 74.5 cm³/mol. The molecule has 0 unspecified atom stereocenters. The van der Waals surface area contributed by atoms with Crippen LogP contribution in [0.3, 0.4) is 0 Å². The standard InChI is InChI=1S/C17H18O/c18-17-8-4-7-16(17)15-11-9-14(10-12-15)13-5-2-1-3-6-13/h1-3,5-6,9-12,16-18H,4,7-8H2/t16-,17+/m1/s1. The van der Waals surface area contributed by atoms with Gasteiger partial charge >= 0.3 is 0 Å². The summed E-state index contributed by atoms with van der Waals surface area (Å²) in [4.78, 5) is 0. The molecule has 0 radical (unpaired) electrons. The molecule has 2 aromatic rings. The smallest absolute Gasteiger partial charge is 0.0608 e. The van der Waals surface area contributed by atoms with Crippen LogP contribution in [0.15, 0.2) is 54.6 Å². The molecule has 2 aromatic carbocycles. The Labute approximate surface area is 108 Å². The first-order valence-corrected chi connectivity index (χ1v) is 6.68. The van der Waals surface area contributed by atoms with Gasteiger partial charge in [-0.15, -0.1) is 0 Å². The molecule has 3 rings (SSSR count). The minimum Gasteiger partial charge on any atom is -0.392 e. The van der Waals surface area contributed by atoms with E-state index in [-0.39, 0.29) is 6.10 Å². The minimum atomic E-state index is -0.146. The van der Waals surface area contributed by atoms with Crippen molar-refractivity contribution in [3.63, 3.8) is 0 Å². The molecule has 0 aromatic heterocycles. The number of aliphatic hydroxyl groups excluding tert-OH is 1. The molecule has 0 spiro atoms. The molecule has 0 aliphatic heterocycles. The SMILES string of the molecule is O[C@H]1CCC[C@@H]1c1ccc(-c2ccccc2)cc1. The lowest BCUT2D eigenvalue weighted by Crippen LogP contribution is -2.10. The number of benzene rings is 2. The van der Waals surface area contributed by atoms with Gasteiger partial charge in [-0.05, 0) is 29.5 Å². The second-order valence-corrected chi connectivity index (χ2v) is 5.09. The summed E-state index contributed by atoms with van der Waals surface area (Å²) < 4.78 is 0. The third-order valence-electron chi connectivity index (χ3n) is 3.93. The van der Waals surface area contributed by atoms with E-state index in [0.717, 1.165) is 19.3 Å². The molecule has 1 fully saturated rings. The van der Waals surface area contributed by atoms with E-state index in [9.17, 15) is 5.11 Å². The average molecular weight is 238 g/mol. The van der Waals surface area contributed by atoms with Crippen molar-refractivity contribution < 1.29 is 5.11 Å². The molecule has 1 saturated carbocycles. The van der Waals surface area contributed by atoms with Gasteiger partial charge in [0.25, 0.3) is 0 Å². The highest BCUT2D eigenvalue weighted by Gasteiger charge is 2.26. The number of hydrogen-bond acceptors (Lipinski definition) is 1. The maximum atomic E-state index is 9.93. The Morgan fingerprint density at radius 2 is 1.44 bits per heavy atom. The van der Waals surface area contributed by atoms with E-state index < -0.39 is 0 Å². The summed E-state index contributed by atoms with van der Waals surface area (Å²) in [5, 5.41) is 9.93. The van der Waals surface area contributed by atoms with Crippen LogP contribution in [0.4, 0.5) is 0 Å². The molecule has 1 aliphatic carbocycles. The van der Waals surface area contributed by atoms with Gasteiger partial charge in [0.15, 0.2) is 0 Å². The summed E-state index contributed by atoms with van der Waals surface area (Å²) in [7, 11) is 0. The Morgan fingerprint density at radius 1 is 0.778 bits per heavy atom. The summed E-state index contributed by atoms with van der Waals surface area (Å²) >= 11 is 0. The summed E-state index contributed by atoms with van der Waals surface area (Å²) in [5.74, 6) is 0.342. The summed E-state index contributed by atoms with van der Waals surface area (Å²) in [6, 6.07) is 19.1. The molecule has 1 heteroatoms.